The van der Waals surface area contributed by atoms with Crippen molar-refractivity contribution in [2.75, 3.05) is 31.6 Å². The molecule has 6 atom stereocenters. The van der Waals surface area contributed by atoms with Crippen LogP contribution in [0.4, 0.5) is 5.69 Å². The molecule has 216 valence electrons. The Labute approximate surface area is 241 Å². The molecule has 2 aromatic rings. The molecule has 41 heavy (non-hydrogen) atoms. The molecule has 0 bridgehead atoms. The summed E-state index contributed by atoms with van der Waals surface area (Å²) >= 11 is 0. The summed E-state index contributed by atoms with van der Waals surface area (Å²) in [5.41, 5.74) is -1.63. The molecule has 1 spiro atoms. The highest BCUT2D eigenvalue weighted by molar-refractivity contribution is 6.07. The van der Waals surface area contributed by atoms with Crippen LogP contribution in [0.3, 0.4) is 0 Å². The van der Waals surface area contributed by atoms with Gasteiger partial charge in [-0.25, -0.2) is 0 Å². The smallest absolute Gasteiger partial charge is 0.253 e. The minimum absolute atomic E-state index is 0.159. The number of carbonyl (C=O) groups is 3. The highest BCUT2D eigenvalue weighted by Crippen LogP contribution is 2.59. The van der Waals surface area contributed by atoms with E-state index in [0.29, 0.717) is 25.9 Å². The summed E-state index contributed by atoms with van der Waals surface area (Å²) in [5, 5.41) is 12.6. The number of amides is 3. The fraction of sp³-hybridized carbons (Fsp3) is 0.485. The number of aliphatic hydroxyl groups excluding tert-OH is 1. The maximum atomic E-state index is 14.8. The topological polar surface area (TPSA) is 90.4 Å². The van der Waals surface area contributed by atoms with Crippen LogP contribution in [0.5, 0.6) is 0 Å². The molecule has 2 saturated heterocycles. The van der Waals surface area contributed by atoms with Crippen LogP contribution in [0.2, 0.25) is 0 Å². The van der Waals surface area contributed by atoms with Crippen LogP contribution in [-0.2, 0) is 19.1 Å². The minimum atomic E-state index is -1.34. The molecule has 8 nitrogen and oxygen atoms in total. The van der Waals surface area contributed by atoms with Gasteiger partial charge in [-0.1, -0.05) is 75.4 Å². The van der Waals surface area contributed by atoms with Crippen LogP contribution in [0.15, 0.2) is 66.8 Å². The van der Waals surface area contributed by atoms with Gasteiger partial charge in [0.2, 0.25) is 11.8 Å². The van der Waals surface area contributed by atoms with Gasteiger partial charge < -0.3 is 24.5 Å². The SMILES string of the molecule is CC[C@@]12C=CCN(C)C(=O)[C@@H]1[C@H]1C(=O)N([C@@H](CO)CC(C)C)C3C(=O)N(c4ccc5ccccc5c4)CC=C[C@@]31O2. The molecular weight excluding hydrogens is 518 g/mol. The first-order valence-corrected chi connectivity index (χ1v) is 14.7. The quantitative estimate of drug-likeness (QED) is 0.549. The number of rotatable bonds is 6. The Morgan fingerprint density at radius 1 is 0.951 bits per heavy atom. The third-order valence-electron chi connectivity index (χ3n) is 9.47. The molecule has 0 aromatic heterocycles. The van der Waals surface area contributed by atoms with Gasteiger partial charge >= 0.3 is 0 Å². The van der Waals surface area contributed by atoms with Crippen molar-refractivity contribution in [2.45, 2.75) is 56.9 Å². The van der Waals surface area contributed by atoms with E-state index in [1.807, 2.05) is 87.5 Å². The zero-order valence-electron chi connectivity index (χ0n) is 24.2. The van der Waals surface area contributed by atoms with Crippen LogP contribution in [0.1, 0.15) is 33.6 Å². The zero-order chi connectivity index (χ0) is 29.1. The fourth-order valence-electron chi connectivity index (χ4n) is 7.61. The second-order valence-corrected chi connectivity index (χ2v) is 12.3. The van der Waals surface area contributed by atoms with Crippen LogP contribution in [-0.4, -0.2) is 82.7 Å². The first-order chi connectivity index (χ1) is 19.7. The second kappa shape index (κ2) is 10.1. The first kappa shape index (κ1) is 27.7. The highest BCUT2D eigenvalue weighted by Gasteiger charge is 2.75. The summed E-state index contributed by atoms with van der Waals surface area (Å²) in [6.07, 6.45) is 8.64. The lowest BCUT2D eigenvalue weighted by molar-refractivity contribution is -0.152. The summed E-state index contributed by atoms with van der Waals surface area (Å²) in [6, 6.07) is 12.3. The van der Waals surface area contributed by atoms with Gasteiger partial charge in [0, 0.05) is 25.8 Å². The summed E-state index contributed by atoms with van der Waals surface area (Å²) in [7, 11) is 1.74. The van der Waals surface area contributed by atoms with Crippen molar-refractivity contribution < 1.29 is 24.2 Å². The van der Waals surface area contributed by atoms with Crippen molar-refractivity contribution in [1.82, 2.24) is 9.80 Å². The van der Waals surface area contributed by atoms with E-state index in [2.05, 4.69) is 0 Å². The molecular formula is C33H39N3O5. The van der Waals surface area contributed by atoms with Gasteiger partial charge in [-0.2, -0.15) is 0 Å². The Kier molecular flexibility index (Phi) is 6.82. The number of aliphatic hydroxyl groups is 1. The van der Waals surface area contributed by atoms with Crippen molar-refractivity contribution in [1.29, 1.82) is 0 Å². The number of ether oxygens (including phenoxy) is 1. The molecule has 2 aromatic carbocycles. The lowest BCUT2D eigenvalue weighted by Gasteiger charge is -2.41. The molecule has 0 saturated carbocycles. The van der Waals surface area contributed by atoms with Gasteiger partial charge in [-0.3, -0.25) is 14.4 Å². The average Bonchev–Trinajstić information content (AvgIpc) is 3.27. The summed E-state index contributed by atoms with van der Waals surface area (Å²) < 4.78 is 7.01. The number of likely N-dealkylation sites (tertiary alicyclic amines) is 1. The van der Waals surface area contributed by atoms with E-state index in [-0.39, 0.29) is 30.2 Å². The van der Waals surface area contributed by atoms with Crippen molar-refractivity contribution in [3.63, 3.8) is 0 Å². The molecule has 8 heteroatoms. The molecule has 2 fully saturated rings. The fourth-order valence-corrected chi connectivity index (χ4v) is 7.61. The molecule has 1 unspecified atom stereocenters. The monoisotopic (exact) mass is 557 g/mol. The van der Waals surface area contributed by atoms with Crippen LogP contribution >= 0.6 is 0 Å². The van der Waals surface area contributed by atoms with Crippen molar-refractivity contribution in [3.8, 4) is 0 Å². The molecule has 1 N–H and O–H groups in total. The van der Waals surface area contributed by atoms with Gasteiger partial charge in [0.25, 0.3) is 5.91 Å². The van der Waals surface area contributed by atoms with E-state index < -0.39 is 35.1 Å². The summed E-state index contributed by atoms with van der Waals surface area (Å²) in [5.74, 6) is -2.22. The van der Waals surface area contributed by atoms with Crippen LogP contribution < -0.4 is 4.90 Å². The Morgan fingerprint density at radius 2 is 1.68 bits per heavy atom. The average molecular weight is 558 g/mol. The molecule has 4 aliphatic rings. The van der Waals surface area contributed by atoms with Gasteiger partial charge in [0.15, 0.2) is 0 Å². The normalized spacial score (nSPS) is 31.9. The molecule has 4 aliphatic heterocycles. The standard InChI is InChI=1S/C33H39N3O5/c1-5-32-14-8-16-34(4)29(38)26(32)27-30(39)36(25(20-37)18-21(2)3)28-31(40)35(17-9-15-33(27,28)41-32)24-13-12-22-10-6-7-11-23(22)19-24/h6-15,19,21,25-28,37H,5,16-18,20H2,1-4H3/t25-,26+,27+,28?,32-,33+/m1/s1. The third kappa shape index (κ3) is 4.06. The molecule has 4 heterocycles. The number of likely N-dealkylation sites (N-methyl/N-ethyl adjacent to an activating group) is 1. The van der Waals surface area contributed by atoms with E-state index in [1.165, 1.54) is 0 Å². The third-order valence-corrected chi connectivity index (χ3v) is 9.47. The lowest BCUT2D eigenvalue weighted by atomic mass is 9.73. The van der Waals surface area contributed by atoms with E-state index in [4.69, 9.17) is 4.74 Å². The van der Waals surface area contributed by atoms with Crippen molar-refractivity contribution >= 4 is 34.2 Å². The molecule has 0 aliphatic carbocycles. The Balaban J connectivity index is 1.52. The second-order valence-electron chi connectivity index (χ2n) is 12.3. The number of carbonyl (C=O) groups excluding carboxylic acids is 3. The number of benzene rings is 2. The first-order valence-electron chi connectivity index (χ1n) is 14.7. The van der Waals surface area contributed by atoms with Crippen LogP contribution in [0.25, 0.3) is 10.8 Å². The molecule has 3 amide bonds. The number of fused-ring (bicyclic) bond motifs is 3. The number of nitrogens with zero attached hydrogens (tertiary/aromatic N) is 3. The summed E-state index contributed by atoms with van der Waals surface area (Å²) in [4.78, 5) is 48.2. The van der Waals surface area contributed by atoms with Gasteiger partial charge in [0.05, 0.1) is 30.1 Å². The maximum absolute atomic E-state index is 14.8. The Bertz CT molecular complexity index is 1450. The highest BCUT2D eigenvalue weighted by atomic mass is 16.5. The number of hydrogen-bond donors (Lipinski definition) is 1. The largest absolute Gasteiger partial charge is 0.394 e. The van der Waals surface area contributed by atoms with Crippen molar-refractivity contribution in [2.24, 2.45) is 17.8 Å². The number of anilines is 1. The molecule has 6 rings (SSSR count). The van der Waals surface area contributed by atoms with Gasteiger partial charge in [-0.05, 0) is 41.7 Å². The predicted molar refractivity (Wildman–Crippen MR) is 157 cm³/mol. The minimum Gasteiger partial charge on any atom is -0.394 e. The van der Waals surface area contributed by atoms with E-state index >= 15 is 0 Å². The van der Waals surface area contributed by atoms with Crippen molar-refractivity contribution in [3.05, 3.63) is 66.8 Å². The lowest BCUT2D eigenvalue weighted by Crippen LogP contribution is -2.59. The number of hydrogen-bond acceptors (Lipinski definition) is 5. The van der Waals surface area contributed by atoms with E-state index in [1.54, 1.807) is 21.7 Å². The van der Waals surface area contributed by atoms with Gasteiger partial charge in [-0.15, -0.1) is 0 Å². The predicted octanol–water partition coefficient (Wildman–Crippen LogP) is 3.54. The van der Waals surface area contributed by atoms with E-state index in [0.717, 1.165) is 16.5 Å². The maximum Gasteiger partial charge on any atom is 0.253 e. The Hall–Kier alpha value is -3.49. The zero-order valence-corrected chi connectivity index (χ0v) is 24.2. The van der Waals surface area contributed by atoms with Gasteiger partial charge in [0.1, 0.15) is 11.6 Å². The van der Waals surface area contributed by atoms with E-state index in [9.17, 15) is 19.5 Å². The Morgan fingerprint density at radius 3 is 2.39 bits per heavy atom. The van der Waals surface area contributed by atoms with Crippen LogP contribution in [0, 0.1) is 17.8 Å². The molecule has 0 radical (unpaired) electrons. The summed E-state index contributed by atoms with van der Waals surface area (Å²) in [6.45, 7) is 6.47.